The average molecular weight is 532 g/mol. The third-order valence-electron chi connectivity index (χ3n) is 6.67. The van der Waals surface area contributed by atoms with Gasteiger partial charge in [0.05, 0.1) is 41.4 Å². The molecule has 0 saturated carbocycles. The summed E-state index contributed by atoms with van der Waals surface area (Å²) in [5.41, 5.74) is 4.10. The van der Waals surface area contributed by atoms with Crippen LogP contribution in [0.25, 0.3) is 16.8 Å². The zero-order valence-corrected chi connectivity index (χ0v) is 22.1. The number of aliphatic hydroxyl groups excluding tert-OH is 1. The van der Waals surface area contributed by atoms with Crippen LogP contribution in [0.1, 0.15) is 35.2 Å². The largest absolute Gasteiger partial charge is 0.507 e. The van der Waals surface area contributed by atoms with E-state index >= 15 is 0 Å². The van der Waals surface area contributed by atoms with Crippen molar-refractivity contribution in [2.45, 2.75) is 26.8 Å². The van der Waals surface area contributed by atoms with Crippen molar-refractivity contribution in [3.63, 3.8) is 0 Å². The molecule has 1 atom stereocenters. The quantitative estimate of drug-likeness (QED) is 0.183. The number of aliphatic hydroxyl groups is 1. The van der Waals surface area contributed by atoms with Gasteiger partial charge in [0.15, 0.2) is 0 Å². The van der Waals surface area contributed by atoms with Crippen LogP contribution in [-0.2, 0) is 9.59 Å². The second-order valence-electron chi connectivity index (χ2n) is 9.03. The summed E-state index contributed by atoms with van der Waals surface area (Å²) in [5, 5.41) is 11.7. The number of fused-ring (bicyclic) bond motifs is 1. The van der Waals surface area contributed by atoms with Gasteiger partial charge in [0, 0.05) is 5.56 Å². The summed E-state index contributed by atoms with van der Waals surface area (Å²) in [7, 11) is 1.53. The Morgan fingerprint density at radius 1 is 1.08 bits per heavy atom. The maximum atomic E-state index is 13.5. The van der Waals surface area contributed by atoms with Gasteiger partial charge in [-0.25, -0.2) is 4.98 Å². The van der Waals surface area contributed by atoms with Gasteiger partial charge in [0.25, 0.3) is 5.78 Å². The number of ether oxygens (including phenoxy) is 2. The molecule has 1 aromatic heterocycles. The number of benzene rings is 3. The molecule has 1 unspecified atom stereocenters. The molecule has 1 amide bonds. The van der Waals surface area contributed by atoms with Crippen LogP contribution >= 0.6 is 11.6 Å². The molecule has 38 heavy (non-hydrogen) atoms. The molecule has 194 valence electrons. The lowest BCUT2D eigenvalue weighted by Gasteiger charge is -2.23. The molecule has 3 aromatic carbocycles. The number of hydrogen-bond acceptors (Lipinski definition) is 6. The van der Waals surface area contributed by atoms with E-state index in [0.717, 1.165) is 16.6 Å². The van der Waals surface area contributed by atoms with E-state index in [9.17, 15) is 14.7 Å². The molecule has 1 aliphatic heterocycles. The third kappa shape index (κ3) is 4.26. The molecule has 5 rings (SSSR count). The highest BCUT2D eigenvalue weighted by Gasteiger charge is 2.48. The minimum Gasteiger partial charge on any atom is -0.507 e. The zero-order chi connectivity index (χ0) is 27.1. The zero-order valence-electron chi connectivity index (χ0n) is 21.3. The standard InChI is InChI=1S/C29H26ClN3O5/c1-5-38-19-9-10-21(30)20(14-19)26(34)24-25(17-7-6-8-18(13-17)37-4)33(28(36)27(24)35)29-31-22-11-15(2)16(3)12-23(22)32-29/h6-14,25,34H,5H2,1-4H3,(H,31,32)/b26-24+. The highest BCUT2D eigenvalue weighted by molar-refractivity contribution is 6.51. The Hall–Kier alpha value is -4.30. The monoisotopic (exact) mass is 531 g/mol. The van der Waals surface area contributed by atoms with Crippen molar-refractivity contribution in [3.05, 3.63) is 87.4 Å². The number of carbonyl (C=O) groups excluding carboxylic acids is 2. The molecule has 1 fully saturated rings. The number of aromatic amines is 1. The fraction of sp³-hybridized carbons (Fsp3) is 0.207. The number of carbonyl (C=O) groups is 2. The lowest BCUT2D eigenvalue weighted by Crippen LogP contribution is -2.30. The molecule has 0 aliphatic carbocycles. The molecule has 4 aromatic rings. The lowest BCUT2D eigenvalue weighted by molar-refractivity contribution is -0.132. The normalized spacial score (nSPS) is 16.9. The van der Waals surface area contributed by atoms with E-state index in [1.807, 2.05) is 32.9 Å². The summed E-state index contributed by atoms with van der Waals surface area (Å²) >= 11 is 6.43. The van der Waals surface area contributed by atoms with Crippen molar-refractivity contribution in [2.24, 2.45) is 0 Å². The molecule has 8 nitrogen and oxygen atoms in total. The van der Waals surface area contributed by atoms with Crippen molar-refractivity contribution in [1.82, 2.24) is 9.97 Å². The fourth-order valence-electron chi connectivity index (χ4n) is 4.64. The molecular weight excluding hydrogens is 506 g/mol. The predicted octanol–water partition coefficient (Wildman–Crippen LogP) is 5.87. The van der Waals surface area contributed by atoms with Gasteiger partial charge in [-0.1, -0.05) is 23.7 Å². The van der Waals surface area contributed by atoms with Gasteiger partial charge in [-0.15, -0.1) is 0 Å². The van der Waals surface area contributed by atoms with Crippen molar-refractivity contribution >= 4 is 46.0 Å². The molecule has 1 saturated heterocycles. The summed E-state index contributed by atoms with van der Waals surface area (Å²) in [6.07, 6.45) is 0. The van der Waals surface area contributed by atoms with Gasteiger partial charge < -0.3 is 19.6 Å². The van der Waals surface area contributed by atoms with E-state index in [0.29, 0.717) is 29.2 Å². The number of anilines is 1. The topological polar surface area (TPSA) is 105 Å². The fourth-order valence-corrected chi connectivity index (χ4v) is 4.84. The number of Topliss-reactive ketones (excluding diaryl/α,β-unsaturated/α-hetero) is 1. The van der Waals surface area contributed by atoms with Crippen molar-refractivity contribution < 1.29 is 24.2 Å². The molecule has 2 N–H and O–H groups in total. The number of aromatic nitrogens is 2. The Morgan fingerprint density at radius 3 is 2.58 bits per heavy atom. The van der Waals surface area contributed by atoms with Gasteiger partial charge in [0.2, 0.25) is 5.95 Å². The molecule has 1 aliphatic rings. The van der Waals surface area contributed by atoms with Gasteiger partial charge in [-0.3, -0.25) is 14.5 Å². The number of methoxy groups -OCH3 is 1. The van der Waals surface area contributed by atoms with Gasteiger partial charge in [-0.2, -0.15) is 0 Å². The van der Waals surface area contributed by atoms with Gasteiger partial charge >= 0.3 is 5.91 Å². The molecule has 0 bridgehead atoms. The Bertz CT molecular complexity index is 1590. The first-order valence-electron chi connectivity index (χ1n) is 12.1. The van der Waals surface area contributed by atoms with Crippen LogP contribution in [0.3, 0.4) is 0 Å². The number of aryl methyl sites for hydroxylation is 2. The van der Waals surface area contributed by atoms with Crippen molar-refractivity contribution in [1.29, 1.82) is 0 Å². The van der Waals surface area contributed by atoms with E-state index in [-0.39, 0.29) is 22.1 Å². The van der Waals surface area contributed by atoms with E-state index < -0.39 is 23.5 Å². The number of H-pyrrole nitrogens is 1. The van der Waals surface area contributed by atoms with Crippen molar-refractivity contribution in [3.8, 4) is 11.5 Å². The number of halogens is 1. The number of nitrogens with zero attached hydrogens (tertiary/aromatic N) is 2. The second-order valence-corrected chi connectivity index (χ2v) is 9.44. The number of ketones is 1. The molecule has 0 spiro atoms. The molecule has 2 heterocycles. The minimum absolute atomic E-state index is 0.119. The first-order chi connectivity index (χ1) is 18.2. The Balaban J connectivity index is 1.75. The summed E-state index contributed by atoms with van der Waals surface area (Å²) in [5.74, 6) is -0.917. The van der Waals surface area contributed by atoms with Crippen LogP contribution in [-0.4, -0.2) is 40.5 Å². The number of rotatable bonds is 6. The SMILES string of the molecule is CCOc1ccc(Cl)c(/C(O)=C2\C(=O)C(=O)N(c3nc4cc(C)c(C)cc4[nH]3)C2c2cccc(OC)c2)c1. The maximum Gasteiger partial charge on any atom is 0.302 e. The van der Waals surface area contributed by atoms with Gasteiger partial charge in [-0.05, 0) is 79.9 Å². The molecular formula is C29H26ClN3O5. The Morgan fingerprint density at radius 2 is 1.84 bits per heavy atom. The van der Waals surface area contributed by atoms with Crippen molar-refractivity contribution in [2.75, 3.05) is 18.6 Å². The lowest BCUT2D eigenvalue weighted by atomic mass is 9.95. The molecule has 9 heteroatoms. The number of imidazole rings is 1. The van der Waals surface area contributed by atoms with E-state index in [4.69, 9.17) is 21.1 Å². The number of nitrogens with one attached hydrogen (secondary N) is 1. The summed E-state index contributed by atoms with van der Waals surface area (Å²) in [4.78, 5) is 36.2. The Labute approximate surface area is 224 Å². The van der Waals surface area contributed by atoms with E-state index in [2.05, 4.69) is 9.97 Å². The summed E-state index contributed by atoms with van der Waals surface area (Å²) in [6.45, 7) is 6.20. The first kappa shape index (κ1) is 25.4. The first-order valence-corrected chi connectivity index (χ1v) is 12.5. The average Bonchev–Trinajstić information content (AvgIpc) is 3.42. The highest BCUT2D eigenvalue weighted by Crippen LogP contribution is 2.43. The Kier molecular flexibility index (Phi) is 6.59. The van der Waals surface area contributed by atoms with Crippen LogP contribution in [0, 0.1) is 13.8 Å². The van der Waals surface area contributed by atoms with E-state index in [1.54, 1.807) is 42.5 Å². The number of hydrogen-bond donors (Lipinski definition) is 2. The van der Waals surface area contributed by atoms with Crippen LogP contribution < -0.4 is 14.4 Å². The smallest absolute Gasteiger partial charge is 0.302 e. The van der Waals surface area contributed by atoms with Crippen LogP contribution in [0.2, 0.25) is 5.02 Å². The summed E-state index contributed by atoms with van der Waals surface area (Å²) in [6, 6.07) is 14.6. The highest BCUT2D eigenvalue weighted by atomic mass is 35.5. The minimum atomic E-state index is -1.00. The third-order valence-corrected chi connectivity index (χ3v) is 7.00. The number of amides is 1. The second kappa shape index (κ2) is 9.87. The maximum absolute atomic E-state index is 13.5. The predicted molar refractivity (Wildman–Crippen MR) is 146 cm³/mol. The van der Waals surface area contributed by atoms with Crippen LogP contribution in [0.4, 0.5) is 5.95 Å². The van der Waals surface area contributed by atoms with E-state index in [1.165, 1.54) is 12.0 Å². The van der Waals surface area contributed by atoms with Crippen LogP contribution in [0.15, 0.2) is 60.2 Å². The summed E-state index contributed by atoms with van der Waals surface area (Å²) < 4.78 is 11.0. The van der Waals surface area contributed by atoms with Crippen LogP contribution in [0.5, 0.6) is 11.5 Å². The molecule has 0 radical (unpaired) electrons. The van der Waals surface area contributed by atoms with Gasteiger partial charge in [0.1, 0.15) is 17.3 Å².